The molecular formula is C7H8Na2O4S. The molecule has 0 bridgehead atoms. The van der Waals surface area contributed by atoms with Gasteiger partial charge in [-0.15, -0.1) is 0 Å². The second kappa shape index (κ2) is 8.01. The molecule has 0 heterocycles. The van der Waals surface area contributed by atoms with Crippen LogP contribution in [-0.2, 0) is 11.1 Å². The first-order valence-corrected chi connectivity index (χ1v) is 4.17. The number of carboxylic acid groups (broad SMARTS) is 1. The number of aromatic carboxylic acids is 1. The van der Waals surface area contributed by atoms with Gasteiger partial charge in [-0.1, -0.05) is 12.1 Å². The van der Waals surface area contributed by atoms with Crippen LogP contribution in [0.2, 0.25) is 0 Å². The van der Waals surface area contributed by atoms with Gasteiger partial charge in [-0.3, -0.25) is 0 Å². The Morgan fingerprint density at radius 1 is 1.29 bits per heavy atom. The van der Waals surface area contributed by atoms with E-state index in [2.05, 4.69) is 0 Å². The maximum atomic E-state index is 10.6. The second-order valence-electron chi connectivity index (χ2n) is 2.05. The Morgan fingerprint density at radius 2 is 1.79 bits per heavy atom. The Hall–Kier alpha value is 0.800. The van der Waals surface area contributed by atoms with Gasteiger partial charge in [0.2, 0.25) is 0 Å². The standard InChI is InChI=1S/C7H6O4S.2Na.2H/c8-7(9)5-3-1-2-4-6(5)12(10)11;;;;/h1-4H,(H,8,9)(H,10,11);;;;/q;2*+1;2*-1. The van der Waals surface area contributed by atoms with E-state index < -0.39 is 17.0 Å². The fourth-order valence-corrected chi connectivity index (χ4v) is 1.33. The Bertz CT molecular complexity index is 318. The van der Waals surface area contributed by atoms with Crippen LogP contribution in [0.3, 0.4) is 0 Å². The van der Waals surface area contributed by atoms with Crippen LogP contribution < -0.4 is 59.1 Å². The average Bonchev–Trinajstić information content (AvgIpc) is 2.04. The molecule has 0 fully saturated rings. The van der Waals surface area contributed by atoms with Gasteiger partial charge >= 0.3 is 65.1 Å². The van der Waals surface area contributed by atoms with Gasteiger partial charge in [0.1, 0.15) is 0 Å². The topological polar surface area (TPSA) is 74.6 Å². The fourth-order valence-electron chi connectivity index (χ4n) is 0.796. The van der Waals surface area contributed by atoms with Crippen molar-refractivity contribution in [3.05, 3.63) is 29.8 Å². The van der Waals surface area contributed by atoms with Crippen molar-refractivity contribution in [2.45, 2.75) is 4.90 Å². The van der Waals surface area contributed by atoms with Crippen LogP contribution in [-0.4, -0.2) is 19.8 Å². The van der Waals surface area contributed by atoms with Crippen molar-refractivity contribution in [3.8, 4) is 0 Å². The molecule has 0 aliphatic heterocycles. The van der Waals surface area contributed by atoms with E-state index in [0.29, 0.717) is 0 Å². The molecule has 2 N–H and O–H groups in total. The normalized spacial score (nSPS) is 10.6. The Kier molecular flexibility index (Phi) is 9.84. The molecular weight excluding hydrogens is 226 g/mol. The van der Waals surface area contributed by atoms with Crippen molar-refractivity contribution in [1.82, 2.24) is 0 Å². The zero-order valence-corrected chi connectivity index (χ0v) is 12.7. The summed E-state index contributed by atoms with van der Waals surface area (Å²) in [6, 6.07) is 5.60. The van der Waals surface area contributed by atoms with Crippen LogP contribution in [0, 0.1) is 0 Å². The zero-order chi connectivity index (χ0) is 9.14. The molecule has 0 aliphatic rings. The molecule has 0 amide bonds. The zero-order valence-electron chi connectivity index (χ0n) is 9.93. The van der Waals surface area contributed by atoms with Gasteiger partial charge in [-0.2, -0.15) is 0 Å². The minimum absolute atomic E-state index is 0. The van der Waals surface area contributed by atoms with E-state index in [1.165, 1.54) is 24.3 Å². The van der Waals surface area contributed by atoms with Gasteiger partial charge < -0.3 is 12.5 Å². The number of carboxylic acids is 1. The number of hydrogen-bond acceptors (Lipinski definition) is 2. The van der Waals surface area contributed by atoms with Crippen LogP contribution in [0.4, 0.5) is 0 Å². The quantitative estimate of drug-likeness (QED) is 0.398. The predicted molar refractivity (Wildman–Crippen MR) is 44.7 cm³/mol. The van der Waals surface area contributed by atoms with Crippen molar-refractivity contribution in [1.29, 1.82) is 0 Å². The van der Waals surface area contributed by atoms with Crippen LogP contribution in [0.1, 0.15) is 13.2 Å². The molecule has 1 atom stereocenters. The predicted octanol–water partition coefficient (Wildman–Crippen LogP) is -4.80. The van der Waals surface area contributed by atoms with Crippen LogP contribution >= 0.6 is 0 Å². The first-order chi connectivity index (χ1) is 5.63. The van der Waals surface area contributed by atoms with Gasteiger partial charge in [-0.05, 0) is 12.1 Å². The van der Waals surface area contributed by atoms with E-state index >= 15 is 0 Å². The molecule has 0 aromatic heterocycles. The van der Waals surface area contributed by atoms with E-state index in [-0.39, 0.29) is 72.4 Å². The number of benzene rings is 1. The van der Waals surface area contributed by atoms with E-state index in [1.807, 2.05) is 0 Å². The summed E-state index contributed by atoms with van der Waals surface area (Å²) < 4.78 is 19.2. The smallest absolute Gasteiger partial charge is 1.00 e. The van der Waals surface area contributed by atoms with Gasteiger partial charge in [0, 0.05) is 0 Å². The number of hydrogen-bond donors (Lipinski definition) is 2. The summed E-state index contributed by atoms with van der Waals surface area (Å²) in [5.41, 5.74) is -0.140. The van der Waals surface area contributed by atoms with Gasteiger partial charge in [-0.25, -0.2) is 9.00 Å². The van der Waals surface area contributed by atoms with Crippen LogP contribution in [0.5, 0.6) is 0 Å². The van der Waals surface area contributed by atoms with Gasteiger partial charge in [0.25, 0.3) is 0 Å². The fraction of sp³-hybridized carbons (Fsp3) is 0. The first kappa shape index (κ1) is 17.2. The third-order valence-corrected chi connectivity index (χ3v) is 2.04. The minimum atomic E-state index is -2.24. The molecule has 0 saturated heterocycles. The van der Waals surface area contributed by atoms with Crippen molar-refractivity contribution in [2.24, 2.45) is 0 Å². The van der Waals surface area contributed by atoms with Crippen molar-refractivity contribution in [2.75, 3.05) is 0 Å². The van der Waals surface area contributed by atoms with Gasteiger partial charge in [0.05, 0.1) is 10.5 Å². The van der Waals surface area contributed by atoms with E-state index in [0.717, 1.165) is 0 Å². The molecule has 1 aromatic carbocycles. The van der Waals surface area contributed by atoms with E-state index in [4.69, 9.17) is 9.66 Å². The third-order valence-electron chi connectivity index (χ3n) is 1.31. The molecule has 0 aliphatic carbocycles. The minimum Gasteiger partial charge on any atom is -1.00 e. The average molecular weight is 234 g/mol. The molecule has 0 saturated carbocycles. The summed E-state index contributed by atoms with van der Waals surface area (Å²) in [6.45, 7) is 0. The maximum absolute atomic E-state index is 10.6. The summed E-state index contributed by atoms with van der Waals surface area (Å²) in [4.78, 5) is 10.4. The summed E-state index contributed by atoms with van der Waals surface area (Å²) in [5.74, 6) is -1.20. The Balaban J connectivity index is -0.000000180. The summed E-state index contributed by atoms with van der Waals surface area (Å²) >= 11 is -2.24. The molecule has 14 heavy (non-hydrogen) atoms. The molecule has 1 unspecified atom stereocenters. The second-order valence-corrected chi connectivity index (χ2v) is 2.99. The van der Waals surface area contributed by atoms with Crippen molar-refractivity contribution < 1.29 is 80.6 Å². The van der Waals surface area contributed by atoms with Crippen LogP contribution in [0.15, 0.2) is 29.2 Å². The molecule has 4 nitrogen and oxygen atoms in total. The SMILES string of the molecule is O=C(O)c1ccccc1S(=O)O.[H-].[H-].[Na+].[Na+]. The summed E-state index contributed by atoms with van der Waals surface area (Å²) in [5, 5.41) is 8.57. The first-order valence-electron chi connectivity index (χ1n) is 3.06. The Morgan fingerprint density at radius 3 is 2.14 bits per heavy atom. The maximum Gasteiger partial charge on any atom is 1.00 e. The number of carbonyl (C=O) groups is 1. The molecule has 7 heteroatoms. The summed E-state index contributed by atoms with van der Waals surface area (Å²) in [7, 11) is 0. The molecule has 1 aromatic rings. The molecule has 1 rings (SSSR count). The summed E-state index contributed by atoms with van der Waals surface area (Å²) in [6.07, 6.45) is 0. The van der Waals surface area contributed by atoms with E-state index in [1.54, 1.807) is 0 Å². The largest absolute Gasteiger partial charge is 1.00 e. The van der Waals surface area contributed by atoms with E-state index in [9.17, 15) is 9.00 Å². The molecule has 68 valence electrons. The molecule has 0 spiro atoms. The van der Waals surface area contributed by atoms with Gasteiger partial charge in [0.15, 0.2) is 11.1 Å². The third kappa shape index (κ3) is 4.55. The van der Waals surface area contributed by atoms with Crippen molar-refractivity contribution >= 4 is 17.0 Å². The Labute approximate surface area is 131 Å². The molecule has 0 radical (unpaired) electrons. The van der Waals surface area contributed by atoms with Crippen molar-refractivity contribution in [3.63, 3.8) is 0 Å². The monoisotopic (exact) mass is 234 g/mol. The van der Waals surface area contributed by atoms with Crippen LogP contribution in [0.25, 0.3) is 0 Å². The number of rotatable bonds is 2.